The summed E-state index contributed by atoms with van der Waals surface area (Å²) in [4.78, 5) is 35.9. The zero-order chi connectivity index (χ0) is 21.8. The minimum Gasteiger partial charge on any atom is -0.355 e. The molecule has 0 atom stereocenters. The van der Waals surface area contributed by atoms with Crippen LogP contribution in [0, 0.1) is 10.1 Å². The van der Waals surface area contributed by atoms with Gasteiger partial charge in [-0.15, -0.1) is 0 Å². The molecule has 0 radical (unpaired) electrons. The number of amides is 1. The lowest BCUT2D eigenvalue weighted by Crippen LogP contribution is -2.45. The van der Waals surface area contributed by atoms with Crippen LogP contribution in [0.5, 0.6) is 0 Å². The van der Waals surface area contributed by atoms with Gasteiger partial charge in [0, 0.05) is 31.9 Å². The first-order valence-electron chi connectivity index (χ1n) is 9.96. The van der Waals surface area contributed by atoms with E-state index in [1.54, 1.807) is 0 Å². The number of aromatic nitrogens is 2. The van der Waals surface area contributed by atoms with Crippen LogP contribution in [0.4, 0.5) is 23.0 Å². The van der Waals surface area contributed by atoms with Gasteiger partial charge in [-0.05, 0) is 30.0 Å². The number of nitrogens with one attached hydrogen (secondary N) is 2. The van der Waals surface area contributed by atoms with E-state index in [4.69, 9.17) is 0 Å². The molecule has 1 saturated heterocycles. The number of nitro groups is 1. The van der Waals surface area contributed by atoms with Gasteiger partial charge in [-0.3, -0.25) is 14.9 Å². The van der Waals surface area contributed by atoms with E-state index in [0.29, 0.717) is 18.8 Å². The summed E-state index contributed by atoms with van der Waals surface area (Å²) >= 11 is 0. The molecular weight excluding hydrogens is 398 g/mol. The largest absolute Gasteiger partial charge is 0.355 e. The lowest BCUT2D eigenvalue weighted by Gasteiger charge is -2.32. The Balaban J connectivity index is 1.46. The van der Waals surface area contributed by atoms with Crippen LogP contribution < -0.4 is 15.5 Å². The molecule has 2 heterocycles. The van der Waals surface area contributed by atoms with Crippen molar-refractivity contribution in [3.63, 3.8) is 0 Å². The second kappa shape index (κ2) is 8.92. The maximum atomic E-state index is 12.4. The predicted molar refractivity (Wildman–Crippen MR) is 119 cm³/mol. The monoisotopic (exact) mass is 421 g/mol. The summed E-state index contributed by atoms with van der Waals surface area (Å²) in [5.74, 6) is -0.0301. The fraction of sp³-hybridized carbons (Fsp3) is 0.286. The number of piperazine rings is 1. The topological polar surface area (TPSA) is 117 Å². The first-order valence-corrected chi connectivity index (χ1v) is 9.96. The molecule has 1 fully saturated rings. The standard InChI is InChI=1S/C21H23N7O3/c1-26-8-10-27(11-9-26)21-19(28(30)31)20(23-14-24-21)22-13-18(29)25-17-7-6-15-4-2-3-5-16(15)12-17/h2-7,12,14H,8-11,13H2,1H3,(H,25,29)(H,22,23,24). The Morgan fingerprint density at radius 1 is 1.10 bits per heavy atom. The Morgan fingerprint density at radius 2 is 1.84 bits per heavy atom. The fourth-order valence-electron chi connectivity index (χ4n) is 3.55. The number of nitrogens with zero attached hydrogens (tertiary/aromatic N) is 5. The zero-order valence-electron chi connectivity index (χ0n) is 17.1. The van der Waals surface area contributed by atoms with Gasteiger partial charge < -0.3 is 20.4 Å². The van der Waals surface area contributed by atoms with Crippen LogP contribution in [0.3, 0.4) is 0 Å². The molecule has 3 aromatic rings. The van der Waals surface area contributed by atoms with Crippen LogP contribution in [0.1, 0.15) is 0 Å². The number of rotatable bonds is 6. The predicted octanol–water partition coefficient (Wildman–Crippen LogP) is 2.34. The molecule has 1 aromatic heterocycles. The van der Waals surface area contributed by atoms with Gasteiger partial charge in [0.1, 0.15) is 6.33 Å². The third-order valence-electron chi connectivity index (χ3n) is 5.24. The van der Waals surface area contributed by atoms with Crippen molar-refractivity contribution in [2.75, 3.05) is 55.3 Å². The minimum atomic E-state index is -0.503. The average molecular weight is 421 g/mol. The summed E-state index contributed by atoms with van der Waals surface area (Å²) in [5, 5.41) is 19.4. The summed E-state index contributed by atoms with van der Waals surface area (Å²) in [7, 11) is 2.01. The van der Waals surface area contributed by atoms with Crippen molar-refractivity contribution < 1.29 is 9.72 Å². The third kappa shape index (κ3) is 4.69. The Kier molecular flexibility index (Phi) is 5.89. The number of hydrogen-bond acceptors (Lipinski definition) is 8. The second-order valence-corrected chi connectivity index (χ2v) is 7.41. The van der Waals surface area contributed by atoms with E-state index in [0.717, 1.165) is 23.9 Å². The molecule has 1 aliphatic heterocycles. The highest BCUT2D eigenvalue weighted by Crippen LogP contribution is 2.32. The fourth-order valence-corrected chi connectivity index (χ4v) is 3.55. The van der Waals surface area contributed by atoms with Crippen molar-refractivity contribution in [3.05, 3.63) is 58.9 Å². The lowest BCUT2D eigenvalue weighted by molar-refractivity contribution is -0.383. The van der Waals surface area contributed by atoms with E-state index < -0.39 is 4.92 Å². The van der Waals surface area contributed by atoms with Crippen LogP contribution in [0.15, 0.2) is 48.8 Å². The quantitative estimate of drug-likeness (QED) is 0.460. The highest BCUT2D eigenvalue weighted by molar-refractivity contribution is 5.96. The van der Waals surface area contributed by atoms with Crippen molar-refractivity contribution in [2.45, 2.75) is 0 Å². The molecule has 0 saturated carbocycles. The zero-order valence-corrected chi connectivity index (χ0v) is 17.1. The van der Waals surface area contributed by atoms with Crippen molar-refractivity contribution in [1.29, 1.82) is 0 Å². The molecule has 0 spiro atoms. The highest BCUT2D eigenvalue weighted by atomic mass is 16.6. The average Bonchev–Trinajstić information content (AvgIpc) is 2.77. The first-order chi connectivity index (χ1) is 15.0. The molecule has 0 unspecified atom stereocenters. The molecule has 2 N–H and O–H groups in total. The van der Waals surface area contributed by atoms with Gasteiger partial charge in [-0.2, -0.15) is 0 Å². The Morgan fingerprint density at radius 3 is 2.58 bits per heavy atom. The van der Waals surface area contributed by atoms with Crippen LogP contribution >= 0.6 is 0 Å². The summed E-state index contributed by atoms with van der Waals surface area (Å²) < 4.78 is 0. The SMILES string of the molecule is CN1CCN(c2ncnc(NCC(=O)Nc3ccc4ccccc4c3)c2[N+](=O)[O-])CC1. The van der Waals surface area contributed by atoms with Crippen molar-refractivity contribution >= 4 is 39.7 Å². The van der Waals surface area contributed by atoms with E-state index in [9.17, 15) is 14.9 Å². The Hall–Kier alpha value is -3.79. The number of likely N-dealkylation sites (N-methyl/N-ethyl adjacent to an activating group) is 1. The number of anilines is 3. The molecule has 2 aromatic carbocycles. The molecule has 160 valence electrons. The van der Waals surface area contributed by atoms with Gasteiger partial charge in [-0.1, -0.05) is 30.3 Å². The molecule has 10 heteroatoms. The van der Waals surface area contributed by atoms with Crippen molar-refractivity contribution in [1.82, 2.24) is 14.9 Å². The second-order valence-electron chi connectivity index (χ2n) is 7.41. The maximum Gasteiger partial charge on any atom is 0.353 e. The van der Waals surface area contributed by atoms with Crippen molar-refractivity contribution in [3.8, 4) is 0 Å². The Bertz CT molecular complexity index is 1110. The molecule has 10 nitrogen and oxygen atoms in total. The van der Waals surface area contributed by atoms with Crippen LogP contribution in [0.25, 0.3) is 10.8 Å². The smallest absolute Gasteiger partial charge is 0.353 e. The van der Waals surface area contributed by atoms with E-state index in [-0.39, 0.29) is 29.8 Å². The van der Waals surface area contributed by atoms with Crippen LogP contribution in [-0.4, -0.2) is 65.5 Å². The highest BCUT2D eigenvalue weighted by Gasteiger charge is 2.28. The minimum absolute atomic E-state index is 0.0302. The molecule has 1 aliphatic rings. The van der Waals surface area contributed by atoms with E-state index >= 15 is 0 Å². The number of carbonyl (C=O) groups excluding carboxylic acids is 1. The van der Waals surface area contributed by atoms with Crippen LogP contribution in [0.2, 0.25) is 0 Å². The molecular formula is C21H23N7O3. The number of hydrogen-bond donors (Lipinski definition) is 2. The normalized spacial score (nSPS) is 14.4. The summed E-state index contributed by atoms with van der Waals surface area (Å²) in [6.45, 7) is 2.69. The van der Waals surface area contributed by atoms with Gasteiger partial charge in [0.05, 0.1) is 11.5 Å². The third-order valence-corrected chi connectivity index (χ3v) is 5.24. The molecule has 0 aliphatic carbocycles. The van der Waals surface area contributed by atoms with Gasteiger partial charge in [0.25, 0.3) is 0 Å². The maximum absolute atomic E-state index is 12.4. The first kappa shape index (κ1) is 20.5. The molecule has 31 heavy (non-hydrogen) atoms. The number of carbonyl (C=O) groups is 1. The van der Waals surface area contributed by atoms with Gasteiger partial charge >= 0.3 is 5.69 Å². The summed E-state index contributed by atoms with van der Waals surface area (Å²) in [6, 6.07) is 13.5. The number of fused-ring (bicyclic) bond motifs is 1. The van der Waals surface area contributed by atoms with E-state index in [2.05, 4.69) is 25.5 Å². The Labute approximate surface area is 179 Å². The van der Waals surface area contributed by atoms with Gasteiger partial charge in [0.2, 0.25) is 17.5 Å². The lowest BCUT2D eigenvalue weighted by atomic mass is 10.1. The summed E-state index contributed by atoms with van der Waals surface area (Å²) in [5.41, 5.74) is 0.436. The molecule has 1 amide bonds. The van der Waals surface area contributed by atoms with Gasteiger partial charge in [-0.25, -0.2) is 9.97 Å². The van der Waals surface area contributed by atoms with E-state index in [1.165, 1.54) is 6.33 Å². The van der Waals surface area contributed by atoms with Crippen LogP contribution in [-0.2, 0) is 4.79 Å². The van der Waals surface area contributed by atoms with Gasteiger partial charge in [0.15, 0.2) is 0 Å². The van der Waals surface area contributed by atoms with E-state index in [1.807, 2.05) is 54.4 Å². The molecule has 4 rings (SSSR count). The number of benzene rings is 2. The summed E-state index contributed by atoms with van der Waals surface area (Å²) in [6.07, 6.45) is 1.28. The van der Waals surface area contributed by atoms with Crippen molar-refractivity contribution in [2.24, 2.45) is 0 Å². The molecule has 0 bridgehead atoms.